The summed E-state index contributed by atoms with van der Waals surface area (Å²) in [4.78, 5) is 50.1. The first-order chi connectivity index (χ1) is 19.5. The lowest BCUT2D eigenvalue weighted by Gasteiger charge is -2.26. The van der Waals surface area contributed by atoms with E-state index in [1.807, 2.05) is 48.5 Å². The van der Waals surface area contributed by atoms with Crippen LogP contribution < -0.4 is 15.5 Å². The topological polar surface area (TPSA) is 95.6 Å². The van der Waals surface area contributed by atoms with Crippen molar-refractivity contribution >= 4 is 51.3 Å². The molecule has 7 nitrogen and oxygen atoms in total. The number of anilines is 1. The van der Waals surface area contributed by atoms with Crippen LogP contribution in [0.5, 0.6) is 0 Å². The first-order valence-electron chi connectivity index (χ1n) is 12.9. The molecule has 204 valence electrons. The van der Waals surface area contributed by atoms with E-state index in [2.05, 4.69) is 22.5 Å². The van der Waals surface area contributed by atoms with E-state index < -0.39 is 0 Å². The van der Waals surface area contributed by atoms with Gasteiger partial charge in [0.1, 0.15) is 6.29 Å². The third-order valence-corrected chi connectivity index (χ3v) is 8.52. The summed E-state index contributed by atoms with van der Waals surface area (Å²) in [6.45, 7) is 1.19. The molecule has 0 aliphatic carbocycles. The molecule has 0 atom stereocenters. The molecule has 3 aromatic rings. The number of fused-ring (bicyclic) bond motifs is 2. The van der Waals surface area contributed by atoms with E-state index in [0.29, 0.717) is 42.1 Å². The van der Waals surface area contributed by atoms with E-state index in [9.17, 15) is 19.2 Å². The molecule has 0 fully saturated rings. The maximum Gasteiger partial charge on any atom is 0.251 e. The van der Waals surface area contributed by atoms with Crippen LogP contribution in [-0.2, 0) is 16.1 Å². The third kappa shape index (κ3) is 8.25. The van der Waals surface area contributed by atoms with Gasteiger partial charge in [0.15, 0.2) is 0 Å². The highest BCUT2D eigenvalue weighted by Crippen LogP contribution is 2.26. The molecule has 0 unspecified atom stereocenters. The van der Waals surface area contributed by atoms with E-state index in [4.69, 9.17) is 0 Å². The Bertz CT molecular complexity index is 1430. The number of benzene rings is 3. The summed E-state index contributed by atoms with van der Waals surface area (Å²) in [6, 6.07) is 21.9. The zero-order chi connectivity index (χ0) is 28.2. The van der Waals surface area contributed by atoms with Gasteiger partial charge in [-0.3, -0.25) is 19.2 Å². The smallest absolute Gasteiger partial charge is 0.251 e. The fourth-order valence-electron chi connectivity index (χ4n) is 4.01. The summed E-state index contributed by atoms with van der Waals surface area (Å²) < 4.78 is 0. The van der Waals surface area contributed by atoms with Crippen molar-refractivity contribution in [3.05, 3.63) is 101 Å². The average Bonchev–Trinajstić information content (AvgIpc) is 2.97. The van der Waals surface area contributed by atoms with E-state index in [-0.39, 0.29) is 30.7 Å². The molecule has 0 aromatic heterocycles. The number of hydrogen-bond acceptors (Lipinski definition) is 6. The van der Waals surface area contributed by atoms with E-state index in [1.165, 1.54) is 0 Å². The molecule has 0 saturated carbocycles. The van der Waals surface area contributed by atoms with Crippen molar-refractivity contribution in [1.29, 1.82) is 0 Å². The molecule has 0 spiro atoms. The fraction of sp³-hybridized carbons (Fsp3) is 0.226. The number of nitrogens with one attached hydrogen (secondary N) is 2. The van der Waals surface area contributed by atoms with Crippen LogP contribution in [0.1, 0.15) is 50.2 Å². The van der Waals surface area contributed by atoms with Crippen LogP contribution in [0, 0.1) is 11.8 Å². The predicted octanol–water partition coefficient (Wildman–Crippen LogP) is 4.45. The lowest BCUT2D eigenvalue weighted by atomic mass is 10.0. The molecular formula is C31H29N3O4S2. The van der Waals surface area contributed by atoms with Crippen molar-refractivity contribution in [3.63, 3.8) is 0 Å². The second kappa shape index (κ2) is 15.0. The summed E-state index contributed by atoms with van der Waals surface area (Å²) in [5, 5.41) is 5.69. The average molecular weight is 572 g/mol. The lowest BCUT2D eigenvalue weighted by molar-refractivity contribution is -0.121. The summed E-state index contributed by atoms with van der Waals surface area (Å²) in [6.07, 6.45) is 1.27. The molecule has 4 rings (SSSR count). The summed E-state index contributed by atoms with van der Waals surface area (Å²) in [5.74, 6) is 7.37. The quantitative estimate of drug-likeness (QED) is 0.144. The Labute approximate surface area is 241 Å². The van der Waals surface area contributed by atoms with Crippen molar-refractivity contribution in [2.45, 2.75) is 19.4 Å². The van der Waals surface area contributed by atoms with E-state index in [1.54, 1.807) is 50.8 Å². The van der Waals surface area contributed by atoms with Crippen LogP contribution in [0.4, 0.5) is 5.69 Å². The minimum atomic E-state index is -0.187. The second-order valence-electron chi connectivity index (χ2n) is 8.89. The normalized spacial score (nSPS) is 11.6. The van der Waals surface area contributed by atoms with Crippen LogP contribution in [0.3, 0.4) is 0 Å². The van der Waals surface area contributed by atoms with Crippen molar-refractivity contribution in [2.75, 3.05) is 29.5 Å². The highest BCUT2D eigenvalue weighted by atomic mass is 33.1. The minimum Gasteiger partial charge on any atom is -0.356 e. The van der Waals surface area contributed by atoms with Gasteiger partial charge >= 0.3 is 0 Å². The van der Waals surface area contributed by atoms with Crippen molar-refractivity contribution < 1.29 is 19.2 Å². The number of hydrogen-bond donors (Lipinski definition) is 2. The number of carbonyl (C=O) groups is 4. The molecule has 0 radical (unpaired) electrons. The number of nitrogens with zero attached hydrogens (tertiary/aromatic N) is 1. The van der Waals surface area contributed by atoms with Crippen LogP contribution >= 0.6 is 21.6 Å². The number of amides is 3. The van der Waals surface area contributed by atoms with Crippen LogP contribution in [-0.4, -0.2) is 48.6 Å². The molecular weight excluding hydrogens is 542 g/mol. The molecule has 2 N–H and O–H groups in total. The monoisotopic (exact) mass is 571 g/mol. The van der Waals surface area contributed by atoms with Gasteiger partial charge in [-0.05, 0) is 35.9 Å². The Hall–Kier alpha value is -4.00. The molecule has 0 saturated heterocycles. The molecule has 0 bridgehead atoms. The van der Waals surface area contributed by atoms with Crippen molar-refractivity contribution in [2.24, 2.45) is 0 Å². The van der Waals surface area contributed by atoms with Gasteiger partial charge in [-0.1, -0.05) is 75.9 Å². The molecule has 40 heavy (non-hydrogen) atoms. The van der Waals surface area contributed by atoms with Gasteiger partial charge in [-0.15, -0.1) is 0 Å². The molecule has 1 aliphatic heterocycles. The SMILES string of the molecule is O=Cc1ccc(C(=O)NCCSSCCC(=O)NCCC(=O)N2Cc3ccccc3C#Cc3ccccc32)cc1. The highest BCUT2D eigenvalue weighted by Gasteiger charge is 2.21. The minimum absolute atomic E-state index is 0.0714. The van der Waals surface area contributed by atoms with Gasteiger partial charge in [0.2, 0.25) is 11.8 Å². The van der Waals surface area contributed by atoms with Gasteiger partial charge in [-0.2, -0.15) is 0 Å². The molecule has 1 heterocycles. The number of aldehydes is 1. The van der Waals surface area contributed by atoms with E-state index in [0.717, 1.165) is 28.7 Å². The van der Waals surface area contributed by atoms with Crippen molar-refractivity contribution in [3.8, 4) is 11.8 Å². The number of carbonyl (C=O) groups excluding carboxylic acids is 4. The predicted molar refractivity (Wildman–Crippen MR) is 161 cm³/mol. The van der Waals surface area contributed by atoms with Gasteiger partial charge in [0.25, 0.3) is 5.91 Å². The maximum atomic E-state index is 13.2. The summed E-state index contributed by atoms with van der Waals surface area (Å²) >= 11 is 0. The van der Waals surface area contributed by atoms with Crippen LogP contribution in [0.15, 0.2) is 72.8 Å². The molecule has 9 heteroatoms. The number of para-hydroxylation sites is 1. The lowest BCUT2D eigenvalue weighted by Crippen LogP contribution is -2.35. The Morgan fingerprint density at radius 1 is 0.800 bits per heavy atom. The Morgan fingerprint density at radius 3 is 2.30 bits per heavy atom. The zero-order valence-corrected chi connectivity index (χ0v) is 23.5. The highest BCUT2D eigenvalue weighted by molar-refractivity contribution is 8.76. The Balaban J connectivity index is 1.14. The standard InChI is InChI=1S/C31H29N3O4S2/c35-22-23-9-11-26(12-10-23)31(38)33-18-20-40-39-19-16-29(36)32-17-15-30(37)34-21-27-7-2-1-5-24(27)13-14-25-6-3-4-8-28(25)34/h1-12,22H,15-21H2,(H,32,36)(H,33,38). The third-order valence-electron chi connectivity index (χ3n) is 6.11. The molecule has 3 aromatic carbocycles. The zero-order valence-electron chi connectivity index (χ0n) is 21.9. The Morgan fingerprint density at radius 2 is 1.50 bits per heavy atom. The van der Waals surface area contributed by atoms with E-state index >= 15 is 0 Å². The fourth-order valence-corrected chi connectivity index (χ4v) is 5.91. The molecule has 3 amide bonds. The van der Waals surface area contributed by atoms with Gasteiger partial charge in [0.05, 0.1) is 12.2 Å². The summed E-state index contributed by atoms with van der Waals surface area (Å²) in [7, 11) is 3.15. The first kappa shape index (κ1) is 29.0. The van der Waals surface area contributed by atoms with Gasteiger partial charge < -0.3 is 15.5 Å². The largest absolute Gasteiger partial charge is 0.356 e. The van der Waals surface area contributed by atoms with Gasteiger partial charge in [-0.25, -0.2) is 0 Å². The summed E-state index contributed by atoms with van der Waals surface area (Å²) in [5.41, 5.74) is 4.51. The van der Waals surface area contributed by atoms with Crippen LogP contribution in [0.25, 0.3) is 0 Å². The second-order valence-corrected chi connectivity index (χ2v) is 11.6. The number of rotatable bonds is 12. The maximum absolute atomic E-state index is 13.2. The van der Waals surface area contributed by atoms with Gasteiger partial charge in [0, 0.05) is 59.7 Å². The van der Waals surface area contributed by atoms with Crippen LogP contribution in [0.2, 0.25) is 0 Å². The first-order valence-corrected chi connectivity index (χ1v) is 15.4. The molecule has 1 aliphatic rings. The van der Waals surface area contributed by atoms with Crippen molar-refractivity contribution in [1.82, 2.24) is 10.6 Å². The Kier molecular flexibility index (Phi) is 10.8.